The Hall–Kier alpha value is -1.10. The average molecular weight is 340 g/mol. The fraction of sp³-hybridized carbons (Fsp3) is 0.600. The van der Waals surface area contributed by atoms with E-state index in [2.05, 4.69) is 39.8 Å². The zero-order valence-electron chi connectivity index (χ0n) is 11.9. The first-order valence-corrected chi connectivity index (χ1v) is 8.08. The van der Waals surface area contributed by atoms with E-state index in [9.17, 15) is 4.79 Å². The van der Waals surface area contributed by atoms with Gasteiger partial charge in [0.1, 0.15) is 4.47 Å². The summed E-state index contributed by atoms with van der Waals surface area (Å²) in [7, 11) is 0. The highest BCUT2D eigenvalue weighted by Gasteiger charge is 2.21. The van der Waals surface area contributed by atoms with E-state index >= 15 is 0 Å². The molecule has 2 rings (SSSR count). The van der Waals surface area contributed by atoms with Gasteiger partial charge in [-0.3, -0.25) is 4.79 Å². The Bertz CT molecular complexity index is 526. The second kappa shape index (κ2) is 7.07. The molecule has 1 aromatic heterocycles. The highest BCUT2D eigenvalue weighted by Crippen LogP contribution is 2.29. The molecule has 0 aliphatic heterocycles. The highest BCUT2D eigenvalue weighted by atomic mass is 79.9. The van der Waals surface area contributed by atoms with Gasteiger partial charge in [-0.2, -0.15) is 5.10 Å². The molecule has 0 radical (unpaired) electrons. The van der Waals surface area contributed by atoms with Gasteiger partial charge < -0.3 is 5.32 Å². The van der Waals surface area contributed by atoms with Gasteiger partial charge in [0.05, 0.1) is 18.4 Å². The first kappa shape index (κ1) is 15.3. The van der Waals surface area contributed by atoms with Crippen LogP contribution in [0.5, 0.6) is 0 Å². The van der Waals surface area contributed by atoms with E-state index in [-0.39, 0.29) is 5.56 Å². The van der Waals surface area contributed by atoms with Crippen LogP contribution in [-0.2, 0) is 6.54 Å². The molecule has 0 aromatic carbocycles. The first-order valence-electron chi connectivity index (χ1n) is 7.28. The van der Waals surface area contributed by atoms with Crippen molar-refractivity contribution < 1.29 is 0 Å². The van der Waals surface area contributed by atoms with E-state index in [0.29, 0.717) is 17.1 Å². The van der Waals surface area contributed by atoms with Crippen LogP contribution in [0, 0.1) is 5.92 Å². The second-order valence-electron chi connectivity index (χ2n) is 5.43. The third-order valence-corrected chi connectivity index (χ3v) is 4.77. The van der Waals surface area contributed by atoms with Gasteiger partial charge in [-0.15, -0.1) is 6.58 Å². The van der Waals surface area contributed by atoms with Crippen molar-refractivity contribution in [2.75, 3.05) is 5.32 Å². The molecular formula is C15H22BrN3O. The topological polar surface area (TPSA) is 46.9 Å². The van der Waals surface area contributed by atoms with Crippen molar-refractivity contribution in [3.63, 3.8) is 0 Å². The number of nitrogens with one attached hydrogen (secondary N) is 1. The number of aromatic nitrogens is 2. The molecule has 0 spiro atoms. The molecule has 1 fully saturated rings. The maximum Gasteiger partial charge on any atom is 0.283 e. The molecule has 2 atom stereocenters. The summed E-state index contributed by atoms with van der Waals surface area (Å²) in [4.78, 5) is 12.1. The zero-order valence-corrected chi connectivity index (χ0v) is 13.5. The number of hydrogen-bond acceptors (Lipinski definition) is 3. The Morgan fingerprint density at radius 1 is 1.60 bits per heavy atom. The number of allylic oxidation sites excluding steroid dienone is 1. The molecule has 1 heterocycles. The SMILES string of the molecule is C=CCn1ncc(NC2CCCC(CC)C2)c(Br)c1=O. The molecular weight excluding hydrogens is 318 g/mol. The fourth-order valence-corrected chi connectivity index (χ4v) is 3.25. The van der Waals surface area contributed by atoms with Gasteiger partial charge in [-0.25, -0.2) is 4.68 Å². The number of halogens is 1. The van der Waals surface area contributed by atoms with Crippen LogP contribution in [0.4, 0.5) is 5.69 Å². The van der Waals surface area contributed by atoms with Gasteiger partial charge in [-0.05, 0) is 34.7 Å². The van der Waals surface area contributed by atoms with E-state index < -0.39 is 0 Å². The number of nitrogens with zero attached hydrogens (tertiary/aromatic N) is 2. The first-order chi connectivity index (χ1) is 9.65. The van der Waals surface area contributed by atoms with Crippen molar-refractivity contribution in [2.24, 2.45) is 5.92 Å². The molecule has 5 heteroatoms. The third kappa shape index (κ3) is 3.51. The van der Waals surface area contributed by atoms with Crippen LogP contribution in [0.2, 0.25) is 0 Å². The predicted octanol–water partition coefficient (Wildman–Crippen LogP) is 3.57. The summed E-state index contributed by atoms with van der Waals surface area (Å²) in [6.07, 6.45) is 9.56. The Kier molecular flexibility index (Phi) is 5.40. The Morgan fingerprint density at radius 2 is 2.40 bits per heavy atom. The Morgan fingerprint density at radius 3 is 3.10 bits per heavy atom. The molecule has 4 nitrogen and oxygen atoms in total. The minimum Gasteiger partial charge on any atom is -0.380 e. The van der Waals surface area contributed by atoms with Crippen molar-refractivity contribution >= 4 is 21.6 Å². The van der Waals surface area contributed by atoms with Crippen LogP contribution in [0.25, 0.3) is 0 Å². The van der Waals surface area contributed by atoms with E-state index in [1.807, 2.05) is 0 Å². The Balaban J connectivity index is 2.11. The van der Waals surface area contributed by atoms with Crippen molar-refractivity contribution in [3.05, 3.63) is 33.7 Å². The van der Waals surface area contributed by atoms with Crippen molar-refractivity contribution in [1.29, 1.82) is 0 Å². The van der Waals surface area contributed by atoms with Crippen LogP contribution < -0.4 is 10.9 Å². The van der Waals surface area contributed by atoms with Crippen molar-refractivity contribution in [2.45, 2.75) is 51.6 Å². The molecule has 1 saturated carbocycles. The Labute approximate surface area is 128 Å². The van der Waals surface area contributed by atoms with Crippen LogP contribution >= 0.6 is 15.9 Å². The fourth-order valence-electron chi connectivity index (χ4n) is 2.83. The summed E-state index contributed by atoms with van der Waals surface area (Å²) in [5.74, 6) is 0.800. The van der Waals surface area contributed by atoms with Gasteiger partial charge in [0.15, 0.2) is 0 Å². The van der Waals surface area contributed by atoms with Crippen molar-refractivity contribution in [3.8, 4) is 0 Å². The molecule has 1 aromatic rings. The number of hydrogen-bond donors (Lipinski definition) is 1. The molecule has 0 bridgehead atoms. The lowest BCUT2D eigenvalue weighted by Gasteiger charge is -2.30. The monoisotopic (exact) mass is 339 g/mol. The number of rotatable bonds is 5. The number of anilines is 1. The van der Waals surface area contributed by atoms with Crippen LogP contribution in [0.1, 0.15) is 39.0 Å². The lowest BCUT2D eigenvalue weighted by atomic mass is 9.84. The summed E-state index contributed by atoms with van der Waals surface area (Å²) in [5.41, 5.74) is 0.690. The minimum atomic E-state index is -0.113. The van der Waals surface area contributed by atoms with Crippen LogP contribution in [0.3, 0.4) is 0 Å². The average Bonchev–Trinajstić information content (AvgIpc) is 2.47. The van der Waals surface area contributed by atoms with Gasteiger partial charge in [0.2, 0.25) is 0 Å². The van der Waals surface area contributed by atoms with Crippen LogP contribution in [-0.4, -0.2) is 15.8 Å². The van der Waals surface area contributed by atoms with Gasteiger partial charge >= 0.3 is 0 Å². The third-order valence-electron chi connectivity index (χ3n) is 4.01. The minimum absolute atomic E-state index is 0.113. The molecule has 1 aliphatic carbocycles. The summed E-state index contributed by atoms with van der Waals surface area (Å²) in [6.45, 7) is 6.31. The smallest absolute Gasteiger partial charge is 0.283 e. The van der Waals surface area contributed by atoms with Gasteiger partial charge in [0, 0.05) is 6.04 Å². The highest BCUT2D eigenvalue weighted by molar-refractivity contribution is 9.10. The lowest BCUT2D eigenvalue weighted by Crippen LogP contribution is -2.30. The standard InChI is InChI=1S/C15H22BrN3O/c1-3-8-19-15(20)14(16)13(10-17-19)18-12-7-5-6-11(4-2)9-12/h3,10-12,18H,1,4-9H2,2H3. The van der Waals surface area contributed by atoms with Gasteiger partial charge in [-0.1, -0.05) is 32.3 Å². The van der Waals surface area contributed by atoms with Gasteiger partial charge in [0.25, 0.3) is 5.56 Å². The summed E-state index contributed by atoms with van der Waals surface area (Å²) in [5, 5.41) is 7.65. The second-order valence-corrected chi connectivity index (χ2v) is 6.22. The predicted molar refractivity (Wildman–Crippen MR) is 86.1 cm³/mol. The molecule has 0 saturated heterocycles. The van der Waals surface area contributed by atoms with E-state index in [4.69, 9.17) is 0 Å². The van der Waals surface area contributed by atoms with Crippen LogP contribution in [0.15, 0.2) is 28.1 Å². The molecule has 0 amide bonds. The zero-order chi connectivity index (χ0) is 14.5. The quantitative estimate of drug-likeness (QED) is 0.834. The summed E-state index contributed by atoms with van der Waals surface area (Å²) < 4.78 is 1.96. The van der Waals surface area contributed by atoms with Crippen molar-refractivity contribution in [1.82, 2.24) is 9.78 Å². The maximum atomic E-state index is 12.1. The lowest BCUT2D eigenvalue weighted by molar-refractivity contribution is 0.327. The summed E-state index contributed by atoms with van der Waals surface area (Å²) >= 11 is 3.39. The van der Waals surface area contributed by atoms with E-state index in [0.717, 1.165) is 11.6 Å². The molecule has 2 unspecified atom stereocenters. The normalized spacial score (nSPS) is 22.5. The molecule has 110 valence electrons. The molecule has 20 heavy (non-hydrogen) atoms. The molecule has 1 aliphatic rings. The van der Waals surface area contributed by atoms with E-state index in [1.165, 1.54) is 36.8 Å². The molecule has 1 N–H and O–H groups in total. The maximum absolute atomic E-state index is 12.1. The largest absolute Gasteiger partial charge is 0.380 e. The summed E-state index contributed by atoms with van der Waals surface area (Å²) in [6, 6.07) is 0.446. The van der Waals surface area contributed by atoms with E-state index in [1.54, 1.807) is 12.3 Å².